The van der Waals surface area contributed by atoms with E-state index in [1.54, 1.807) is 0 Å². The molecule has 2 atom stereocenters. The summed E-state index contributed by atoms with van der Waals surface area (Å²) in [5, 5.41) is 8.34. The molecule has 0 saturated heterocycles. The van der Waals surface area contributed by atoms with Gasteiger partial charge in [-0.15, -0.1) is 11.3 Å². The van der Waals surface area contributed by atoms with Gasteiger partial charge in [0.05, 0.1) is 0 Å². The molecule has 0 radical (unpaired) electrons. The SMILES string of the molecule is C[C@@H]1CCC[C@H](NC(=O)NCCN2CCc3sccc3C2)C1. The van der Waals surface area contributed by atoms with Crippen LogP contribution in [0.5, 0.6) is 0 Å². The second kappa shape index (κ2) is 7.47. The summed E-state index contributed by atoms with van der Waals surface area (Å²) in [4.78, 5) is 15.9. The van der Waals surface area contributed by atoms with Gasteiger partial charge in [-0.2, -0.15) is 0 Å². The minimum absolute atomic E-state index is 0.00679. The lowest BCUT2D eigenvalue weighted by Crippen LogP contribution is -2.46. The van der Waals surface area contributed by atoms with Crippen molar-refractivity contribution in [1.82, 2.24) is 15.5 Å². The van der Waals surface area contributed by atoms with E-state index in [9.17, 15) is 4.79 Å². The minimum atomic E-state index is 0.00679. The molecular formula is C17H27N3OS. The molecule has 0 aromatic carbocycles. The van der Waals surface area contributed by atoms with E-state index in [4.69, 9.17) is 0 Å². The van der Waals surface area contributed by atoms with Crippen LogP contribution in [0.1, 0.15) is 43.0 Å². The molecule has 1 aromatic heterocycles. The van der Waals surface area contributed by atoms with Crippen LogP contribution in [-0.4, -0.2) is 36.6 Å². The van der Waals surface area contributed by atoms with Crippen molar-refractivity contribution in [2.75, 3.05) is 19.6 Å². The Labute approximate surface area is 137 Å². The molecule has 1 aliphatic heterocycles. The largest absolute Gasteiger partial charge is 0.337 e. The van der Waals surface area contributed by atoms with Gasteiger partial charge < -0.3 is 10.6 Å². The van der Waals surface area contributed by atoms with Gasteiger partial charge in [0, 0.05) is 37.1 Å². The second-order valence-corrected chi connectivity index (χ2v) is 7.76. The van der Waals surface area contributed by atoms with Crippen molar-refractivity contribution in [3.8, 4) is 0 Å². The lowest BCUT2D eigenvalue weighted by atomic mass is 9.87. The van der Waals surface area contributed by atoms with Crippen LogP contribution in [0, 0.1) is 5.92 Å². The predicted molar refractivity (Wildman–Crippen MR) is 91.3 cm³/mol. The smallest absolute Gasteiger partial charge is 0.315 e. The highest BCUT2D eigenvalue weighted by atomic mass is 32.1. The average molecular weight is 321 g/mol. The fourth-order valence-electron chi connectivity index (χ4n) is 3.63. The first-order valence-electron chi connectivity index (χ1n) is 8.52. The topological polar surface area (TPSA) is 44.4 Å². The third-order valence-electron chi connectivity index (χ3n) is 4.87. The summed E-state index contributed by atoms with van der Waals surface area (Å²) in [5.74, 6) is 0.743. The van der Waals surface area contributed by atoms with Crippen LogP contribution < -0.4 is 10.6 Å². The minimum Gasteiger partial charge on any atom is -0.337 e. The Bertz CT molecular complexity index is 502. The fourth-order valence-corrected chi connectivity index (χ4v) is 4.52. The van der Waals surface area contributed by atoms with Crippen molar-refractivity contribution >= 4 is 17.4 Å². The van der Waals surface area contributed by atoms with Crippen molar-refractivity contribution in [1.29, 1.82) is 0 Å². The summed E-state index contributed by atoms with van der Waals surface area (Å²) in [6.07, 6.45) is 5.95. The van der Waals surface area contributed by atoms with Crippen molar-refractivity contribution in [2.45, 2.75) is 51.6 Å². The molecule has 22 heavy (non-hydrogen) atoms. The second-order valence-electron chi connectivity index (χ2n) is 6.76. The van der Waals surface area contributed by atoms with E-state index in [0.29, 0.717) is 6.04 Å². The maximum absolute atomic E-state index is 12.0. The number of hydrogen-bond acceptors (Lipinski definition) is 3. The summed E-state index contributed by atoms with van der Waals surface area (Å²) in [7, 11) is 0. The molecule has 1 aliphatic carbocycles. The van der Waals surface area contributed by atoms with Gasteiger partial charge in [-0.05, 0) is 42.2 Å². The van der Waals surface area contributed by atoms with Gasteiger partial charge in [0.25, 0.3) is 0 Å². The Kier molecular flexibility index (Phi) is 5.37. The number of carbonyl (C=O) groups is 1. The van der Waals surface area contributed by atoms with Crippen LogP contribution in [-0.2, 0) is 13.0 Å². The van der Waals surface area contributed by atoms with E-state index in [1.807, 2.05) is 11.3 Å². The van der Waals surface area contributed by atoms with Crippen molar-refractivity contribution in [3.63, 3.8) is 0 Å². The molecule has 3 rings (SSSR count). The summed E-state index contributed by atoms with van der Waals surface area (Å²) >= 11 is 1.87. The summed E-state index contributed by atoms with van der Waals surface area (Å²) in [5.41, 5.74) is 1.47. The number of rotatable bonds is 4. The van der Waals surface area contributed by atoms with Crippen LogP contribution in [0.15, 0.2) is 11.4 Å². The molecule has 2 N–H and O–H groups in total. The molecule has 1 aromatic rings. The Morgan fingerprint density at radius 3 is 3.23 bits per heavy atom. The number of nitrogens with one attached hydrogen (secondary N) is 2. The van der Waals surface area contributed by atoms with E-state index in [0.717, 1.165) is 51.4 Å². The van der Waals surface area contributed by atoms with Gasteiger partial charge in [-0.1, -0.05) is 19.8 Å². The third-order valence-corrected chi connectivity index (χ3v) is 5.89. The fraction of sp³-hybridized carbons (Fsp3) is 0.706. The number of carbonyl (C=O) groups excluding carboxylic acids is 1. The van der Waals surface area contributed by atoms with E-state index in [-0.39, 0.29) is 6.03 Å². The van der Waals surface area contributed by atoms with E-state index in [2.05, 4.69) is 33.9 Å². The number of amides is 2. The first-order chi connectivity index (χ1) is 10.7. The highest BCUT2D eigenvalue weighted by Gasteiger charge is 2.20. The van der Waals surface area contributed by atoms with E-state index >= 15 is 0 Å². The van der Waals surface area contributed by atoms with Crippen LogP contribution in [0.3, 0.4) is 0 Å². The van der Waals surface area contributed by atoms with Gasteiger partial charge in [0.15, 0.2) is 0 Å². The Balaban J connectivity index is 1.34. The first-order valence-corrected chi connectivity index (χ1v) is 9.40. The molecule has 1 fully saturated rings. The maximum Gasteiger partial charge on any atom is 0.315 e. The number of nitrogens with zero attached hydrogens (tertiary/aromatic N) is 1. The van der Waals surface area contributed by atoms with Crippen molar-refractivity contribution in [2.24, 2.45) is 5.92 Å². The average Bonchev–Trinajstić information content (AvgIpc) is 2.95. The van der Waals surface area contributed by atoms with Gasteiger partial charge in [-0.3, -0.25) is 4.90 Å². The lowest BCUT2D eigenvalue weighted by Gasteiger charge is -2.28. The third kappa shape index (κ3) is 4.23. The van der Waals surface area contributed by atoms with E-state index < -0.39 is 0 Å². The van der Waals surface area contributed by atoms with Gasteiger partial charge >= 0.3 is 6.03 Å². The van der Waals surface area contributed by atoms with Crippen molar-refractivity contribution in [3.05, 3.63) is 21.9 Å². The summed E-state index contributed by atoms with van der Waals surface area (Å²) in [6, 6.07) is 2.61. The molecule has 0 bridgehead atoms. The molecule has 2 amide bonds. The predicted octanol–water partition coefficient (Wildman–Crippen LogP) is 2.98. The number of hydrogen-bond donors (Lipinski definition) is 2. The first kappa shape index (κ1) is 15.8. The zero-order valence-electron chi connectivity index (χ0n) is 13.4. The molecular weight excluding hydrogens is 294 g/mol. The van der Waals surface area contributed by atoms with Crippen LogP contribution in [0.2, 0.25) is 0 Å². The zero-order valence-corrected chi connectivity index (χ0v) is 14.3. The molecule has 2 aliphatic rings. The van der Waals surface area contributed by atoms with Crippen LogP contribution >= 0.6 is 11.3 Å². The van der Waals surface area contributed by atoms with Crippen molar-refractivity contribution < 1.29 is 4.79 Å². The maximum atomic E-state index is 12.0. The highest BCUT2D eigenvalue weighted by molar-refractivity contribution is 7.10. The molecule has 0 unspecified atom stereocenters. The highest BCUT2D eigenvalue weighted by Crippen LogP contribution is 2.24. The zero-order chi connectivity index (χ0) is 15.4. The van der Waals surface area contributed by atoms with Crippen LogP contribution in [0.25, 0.3) is 0 Å². The number of urea groups is 1. The quantitative estimate of drug-likeness (QED) is 0.895. The standard InChI is InChI=1S/C17H27N3OS/c1-13-3-2-4-15(11-13)19-17(21)18-7-9-20-8-5-16-14(12-20)6-10-22-16/h6,10,13,15H,2-5,7-9,11-12H2,1H3,(H2,18,19,21)/t13-,15+/m1/s1. The van der Waals surface area contributed by atoms with Gasteiger partial charge in [0.2, 0.25) is 0 Å². The van der Waals surface area contributed by atoms with Gasteiger partial charge in [-0.25, -0.2) is 4.79 Å². The normalized spacial score (nSPS) is 25.5. The number of thiophene rings is 1. The lowest BCUT2D eigenvalue weighted by molar-refractivity contribution is 0.220. The van der Waals surface area contributed by atoms with Gasteiger partial charge in [0.1, 0.15) is 0 Å². The molecule has 4 nitrogen and oxygen atoms in total. The monoisotopic (exact) mass is 321 g/mol. The number of fused-ring (bicyclic) bond motifs is 1. The Morgan fingerprint density at radius 1 is 1.45 bits per heavy atom. The van der Waals surface area contributed by atoms with Crippen LogP contribution in [0.4, 0.5) is 4.79 Å². The Hall–Kier alpha value is -1.07. The summed E-state index contributed by atoms with van der Waals surface area (Å²) in [6.45, 7) is 6.08. The molecule has 5 heteroatoms. The molecule has 122 valence electrons. The van der Waals surface area contributed by atoms with E-state index in [1.165, 1.54) is 23.3 Å². The summed E-state index contributed by atoms with van der Waals surface area (Å²) < 4.78 is 0. The molecule has 0 spiro atoms. The molecule has 1 saturated carbocycles. The Morgan fingerprint density at radius 2 is 2.36 bits per heavy atom. The molecule has 2 heterocycles.